The van der Waals surface area contributed by atoms with Crippen LogP contribution in [0.15, 0.2) is 0 Å². The summed E-state index contributed by atoms with van der Waals surface area (Å²) in [6.07, 6.45) is 2.42. The molecule has 2 aliphatic heterocycles. The Kier molecular flexibility index (Phi) is 2.23. The van der Waals surface area contributed by atoms with Crippen molar-refractivity contribution in [3.8, 4) is 0 Å². The fourth-order valence-electron chi connectivity index (χ4n) is 1.79. The first-order chi connectivity index (χ1) is 4.29. The van der Waals surface area contributed by atoms with Gasteiger partial charge in [-0.1, -0.05) is 0 Å². The number of hydrogen-bond acceptors (Lipinski definition) is 2. The van der Waals surface area contributed by atoms with Gasteiger partial charge in [-0.15, -0.1) is 12.4 Å². The summed E-state index contributed by atoms with van der Waals surface area (Å²) in [6.45, 7) is 4.20. The fraction of sp³-hybridized carbons (Fsp3) is 1.00. The molecule has 2 rings (SSSR count). The van der Waals surface area contributed by atoms with Crippen LogP contribution in [-0.4, -0.2) is 24.8 Å². The number of ether oxygens (including phenoxy) is 1. The van der Waals surface area contributed by atoms with Gasteiger partial charge in [-0.2, -0.15) is 0 Å². The summed E-state index contributed by atoms with van der Waals surface area (Å²) in [4.78, 5) is 0. The molecule has 2 unspecified atom stereocenters. The molecule has 0 spiro atoms. The Labute approximate surface area is 67.7 Å². The van der Waals surface area contributed by atoms with E-state index < -0.39 is 0 Å². The molecule has 3 heteroatoms. The van der Waals surface area contributed by atoms with Crippen LogP contribution in [0, 0.1) is 0 Å². The van der Waals surface area contributed by atoms with E-state index in [1.165, 1.54) is 12.8 Å². The molecule has 2 atom stereocenters. The van der Waals surface area contributed by atoms with E-state index in [0.29, 0.717) is 0 Å². The molecular formula is C7H14ClNO. The topological polar surface area (TPSA) is 21.3 Å². The van der Waals surface area contributed by atoms with Crippen LogP contribution in [-0.2, 0) is 4.74 Å². The molecule has 0 aromatic rings. The van der Waals surface area contributed by atoms with Gasteiger partial charge in [0.15, 0.2) is 0 Å². The highest BCUT2D eigenvalue weighted by Gasteiger charge is 2.38. The molecule has 0 saturated carbocycles. The first-order valence-electron chi connectivity index (χ1n) is 3.66. The van der Waals surface area contributed by atoms with Gasteiger partial charge >= 0.3 is 0 Å². The maximum absolute atomic E-state index is 5.59. The van der Waals surface area contributed by atoms with Crippen LogP contribution in [0.4, 0.5) is 0 Å². The van der Waals surface area contributed by atoms with Crippen molar-refractivity contribution in [2.24, 2.45) is 0 Å². The minimum Gasteiger partial charge on any atom is -0.374 e. The monoisotopic (exact) mass is 163 g/mol. The largest absolute Gasteiger partial charge is 0.374 e. The lowest BCUT2D eigenvalue weighted by molar-refractivity contribution is -0.0372. The van der Waals surface area contributed by atoms with E-state index >= 15 is 0 Å². The minimum absolute atomic E-state index is 0. The Morgan fingerprint density at radius 1 is 1.60 bits per heavy atom. The van der Waals surface area contributed by atoms with Gasteiger partial charge in [-0.25, -0.2) is 0 Å². The van der Waals surface area contributed by atoms with Crippen LogP contribution in [0.3, 0.4) is 0 Å². The summed E-state index contributed by atoms with van der Waals surface area (Å²) >= 11 is 0. The first kappa shape index (κ1) is 8.31. The van der Waals surface area contributed by atoms with Gasteiger partial charge < -0.3 is 10.1 Å². The highest BCUT2D eigenvalue weighted by Crippen LogP contribution is 2.29. The van der Waals surface area contributed by atoms with Gasteiger partial charge in [0.25, 0.3) is 0 Å². The van der Waals surface area contributed by atoms with Crippen molar-refractivity contribution in [3.63, 3.8) is 0 Å². The molecule has 2 bridgehead atoms. The average Bonchev–Trinajstić information content (AvgIpc) is 2.07. The summed E-state index contributed by atoms with van der Waals surface area (Å²) in [5.41, 5.74) is 0.183. The van der Waals surface area contributed by atoms with Crippen molar-refractivity contribution >= 4 is 12.4 Å². The number of halogens is 1. The van der Waals surface area contributed by atoms with Gasteiger partial charge in [0.05, 0.1) is 5.60 Å². The third-order valence-electron chi connectivity index (χ3n) is 2.36. The number of nitrogens with one attached hydrogen (secondary N) is 1. The van der Waals surface area contributed by atoms with Gasteiger partial charge in [0.1, 0.15) is 0 Å². The zero-order chi connectivity index (χ0) is 6.32. The zero-order valence-corrected chi connectivity index (χ0v) is 7.04. The maximum Gasteiger partial charge on any atom is 0.0793 e. The van der Waals surface area contributed by atoms with Crippen molar-refractivity contribution in [2.45, 2.75) is 31.4 Å². The predicted molar refractivity (Wildman–Crippen MR) is 42.6 cm³/mol. The number of hydrogen-bond donors (Lipinski definition) is 1. The SMILES string of the molecule is CC12CNC(CCO1)C2.Cl. The third kappa shape index (κ3) is 1.29. The lowest BCUT2D eigenvalue weighted by Gasteiger charge is -2.27. The maximum atomic E-state index is 5.59. The van der Waals surface area contributed by atoms with Crippen LogP contribution in [0.1, 0.15) is 19.8 Å². The first-order valence-corrected chi connectivity index (χ1v) is 3.66. The van der Waals surface area contributed by atoms with E-state index in [1.807, 2.05) is 0 Å². The quantitative estimate of drug-likeness (QED) is 0.574. The molecule has 2 fully saturated rings. The molecule has 0 aromatic heterocycles. The molecule has 0 aromatic carbocycles. The van der Waals surface area contributed by atoms with E-state index in [2.05, 4.69) is 12.2 Å². The Hall–Kier alpha value is 0.210. The number of rotatable bonds is 0. The van der Waals surface area contributed by atoms with E-state index in [-0.39, 0.29) is 18.0 Å². The van der Waals surface area contributed by atoms with Gasteiger partial charge in [-0.3, -0.25) is 0 Å². The molecule has 1 N–H and O–H groups in total. The number of fused-ring (bicyclic) bond motifs is 2. The van der Waals surface area contributed by atoms with Crippen LogP contribution in [0.2, 0.25) is 0 Å². The Morgan fingerprint density at radius 2 is 2.40 bits per heavy atom. The third-order valence-corrected chi connectivity index (χ3v) is 2.36. The lowest BCUT2D eigenvalue weighted by atomic mass is 9.98. The minimum atomic E-state index is 0. The fourth-order valence-corrected chi connectivity index (χ4v) is 1.79. The molecule has 0 radical (unpaired) electrons. The zero-order valence-electron chi connectivity index (χ0n) is 6.22. The van der Waals surface area contributed by atoms with Crippen molar-refractivity contribution in [3.05, 3.63) is 0 Å². The lowest BCUT2D eigenvalue weighted by Crippen LogP contribution is -2.33. The molecule has 2 heterocycles. The Balaban J connectivity index is 0.000000500. The van der Waals surface area contributed by atoms with Crippen LogP contribution >= 0.6 is 12.4 Å². The molecule has 2 saturated heterocycles. The highest BCUT2D eigenvalue weighted by molar-refractivity contribution is 5.85. The molecule has 0 aliphatic carbocycles. The van der Waals surface area contributed by atoms with Crippen molar-refractivity contribution in [2.75, 3.05) is 13.2 Å². The second-order valence-electron chi connectivity index (χ2n) is 3.37. The van der Waals surface area contributed by atoms with Crippen LogP contribution < -0.4 is 5.32 Å². The van der Waals surface area contributed by atoms with Gasteiger partial charge in [0, 0.05) is 19.2 Å². The highest BCUT2D eigenvalue weighted by atomic mass is 35.5. The summed E-state index contributed by atoms with van der Waals surface area (Å²) in [6, 6.07) is 0.753. The van der Waals surface area contributed by atoms with Crippen molar-refractivity contribution in [1.29, 1.82) is 0 Å². The Bertz CT molecular complexity index is 127. The van der Waals surface area contributed by atoms with E-state index in [0.717, 1.165) is 19.2 Å². The second-order valence-corrected chi connectivity index (χ2v) is 3.37. The summed E-state index contributed by atoms with van der Waals surface area (Å²) in [5.74, 6) is 0. The summed E-state index contributed by atoms with van der Waals surface area (Å²) < 4.78 is 5.59. The molecule has 10 heavy (non-hydrogen) atoms. The van der Waals surface area contributed by atoms with E-state index in [9.17, 15) is 0 Å². The molecule has 2 nitrogen and oxygen atoms in total. The molecule has 0 amide bonds. The normalized spacial score (nSPS) is 44.7. The van der Waals surface area contributed by atoms with Crippen molar-refractivity contribution in [1.82, 2.24) is 5.32 Å². The average molecular weight is 164 g/mol. The molecular weight excluding hydrogens is 150 g/mol. The predicted octanol–water partition coefficient (Wildman–Crippen LogP) is 0.949. The van der Waals surface area contributed by atoms with Crippen molar-refractivity contribution < 1.29 is 4.74 Å². The van der Waals surface area contributed by atoms with E-state index in [4.69, 9.17) is 4.74 Å². The van der Waals surface area contributed by atoms with E-state index in [1.54, 1.807) is 0 Å². The molecule has 2 aliphatic rings. The summed E-state index contributed by atoms with van der Waals surface area (Å²) in [5, 5.41) is 3.43. The van der Waals surface area contributed by atoms with Crippen LogP contribution in [0.5, 0.6) is 0 Å². The Morgan fingerprint density at radius 3 is 3.00 bits per heavy atom. The summed E-state index contributed by atoms with van der Waals surface area (Å²) in [7, 11) is 0. The van der Waals surface area contributed by atoms with Gasteiger partial charge in [0.2, 0.25) is 0 Å². The smallest absolute Gasteiger partial charge is 0.0793 e. The van der Waals surface area contributed by atoms with Crippen LogP contribution in [0.25, 0.3) is 0 Å². The van der Waals surface area contributed by atoms with Gasteiger partial charge in [-0.05, 0) is 19.8 Å². The molecule has 60 valence electrons. The standard InChI is InChI=1S/C7H13NO.ClH/c1-7-4-6(8-5-7)2-3-9-7;/h6,8H,2-5H2,1H3;1H. The second kappa shape index (κ2) is 2.68.